The summed E-state index contributed by atoms with van der Waals surface area (Å²) in [7, 11) is 0. The molecule has 2 aromatic carbocycles. The van der Waals surface area contributed by atoms with Gasteiger partial charge in [-0.05, 0) is 61.7 Å². The molecule has 2 N–H and O–H groups in total. The molecule has 1 unspecified atom stereocenters. The minimum atomic E-state index is 0.690. The van der Waals surface area contributed by atoms with E-state index < -0.39 is 0 Å². The molecule has 0 radical (unpaired) electrons. The van der Waals surface area contributed by atoms with Crippen molar-refractivity contribution in [2.75, 3.05) is 26.2 Å². The van der Waals surface area contributed by atoms with Crippen molar-refractivity contribution in [2.45, 2.75) is 33.1 Å². The highest BCUT2D eigenvalue weighted by Crippen LogP contribution is 2.31. The van der Waals surface area contributed by atoms with E-state index in [2.05, 4.69) is 41.9 Å². The van der Waals surface area contributed by atoms with Crippen molar-refractivity contribution in [3.05, 3.63) is 54.1 Å². The molecule has 150 valence electrons. The zero-order valence-corrected chi connectivity index (χ0v) is 17.8. The third-order valence-electron chi connectivity index (χ3n) is 5.06. The van der Waals surface area contributed by atoms with Crippen molar-refractivity contribution in [3.8, 4) is 10.9 Å². The van der Waals surface area contributed by atoms with Crippen LogP contribution in [-0.2, 0) is 6.42 Å². The first-order valence-corrected chi connectivity index (χ1v) is 11.0. The number of aromatic nitrogens is 1. The highest BCUT2D eigenvalue weighted by Gasteiger charge is 2.10. The number of nitrogens with zero attached hydrogens (tertiary/aromatic N) is 2. The van der Waals surface area contributed by atoms with Crippen LogP contribution in [0.1, 0.15) is 32.3 Å². The Morgan fingerprint density at radius 2 is 1.89 bits per heavy atom. The smallest absolute Gasteiger partial charge is 0.279 e. The van der Waals surface area contributed by atoms with E-state index in [0.29, 0.717) is 5.19 Å². The second kappa shape index (κ2) is 10.6. The fourth-order valence-electron chi connectivity index (χ4n) is 3.19. The lowest BCUT2D eigenvalue weighted by molar-refractivity contribution is 0.236. The predicted octanol–water partition coefficient (Wildman–Crippen LogP) is 5.33. The summed E-state index contributed by atoms with van der Waals surface area (Å²) in [6.45, 7) is 8.64. The van der Waals surface area contributed by atoms with Gasteiger partial charge in [-0.25, -0.2) is 4.98 Å². The molecule has 0 aliphatic rings. The topological polar surface area (TPSA) is 51.4 Å². The van der Waals surface area contributed by atoms with Crippen LogP contribution >= 0.6 is 11.3 Å². The van der Waals surface area contributed by atoms with E-state index in [1.165, 1.54) is 12.0 Å². The number of nitrogens with two attached hydrogens (primary N) is 1. The summed E-state index contributed by atoms with van der Waals surface area (Å²) in [6, 6.07) is 16.5. The minimum absolute atomic E-state index is 0.690. The maximum atomic E-state index is 5.95. The van der Waals surface area contributed by atoms with Crippen molar-refractivity contribution in [2.24, 2.45) is 11.7 Å². The highest BCUT2D eigenvalue weighted by molar-refractivity contribution is 7.20. The van der Waals surface area contributed by atoms with Crippen LogP contribution in [0.25, 0.3) is 10.2 Å². The van der Waals surface area contributed by atoms with E-state index in [1.807, 2.05) is 30.3 Å². The van der Waals surface area contributed by atoms with E-state index in [4.69, 9.17) is 10.5 Å². The second-order valence-electron chi connectivity index (χ2n) is 7.40. The molecule has 3 rings (SSSR count). The first-order chi connectivity index (χ1) is 13.7. The van der Waals surface area contributed by atoms with Crippen LogP contribution in [0.2, 0.25) is 0 Å². The Balaban J connectivity index is 1.55. The van der Waals surface area contributed by atoms with Crippen LogP contribution in [0.15, 0.2) is 48.5 Å². The number of ether oxygens (including phenoxy) is 1. The lowest BCUT2D eigenvalue weighted by atomic mass is 10.1. The molecule has 28 heavy (non-hydrogen) atoms. The molecule has 0 saturated heterocycles. The van der Waals surface area contributed by atoms with E-state index in [0.717, 1.165) is 60.9 Å². The normalized spacial score (nSPS) is 12.6. The third kappa shape index (κ3) is 6.03. The molecule has 1 atom stereocenters. The molecule has 5 heteroatoms. The number of fused-ring (bicyclic) bond motifs is 1. The van der Waals surface area contributed by atoms with Gasteiger partial charge in [0.05, 0.1) is 10.2 Å². The molecule has 0 spiro atoms. The summed E-state index contributed by atoms with van der Waals surface area (Å²) in [5.74, 6) is 1.56. The SMILES string of the molecule is CCC(C)CN(CCCN)CCc1ccc(Oc2nc3ccccc3s2)cc1. The summed E-state index contributed by atoms with van der Waals surface area (Å²) in [5.41, 5.74) is 8.02. The molecule has 1 aromatic heterocycles. The second-order valence-corrected chi connectivity index (χ2v) is 8.39. The molecule has 4 nitrogen and oxygen atoms in total. The van der Waals surface area contributed by atoms with E-state index >= 15 is 0 Å². The van der Waals surface area contributed by atoms with Gasteiger partial charge in [-0.2, -0.15) is 0 Å². The van der Waals surface area contributed by atoms with Crippen molar-refractivity contribution in [1.82, 2.24) is 9.88 Å². The Hall–Kier alpha value is -1.95. The van der Waals surface area contributed by atoms with E-state index in [1.54, 1.807) is 11.3 Å². The molecule has 0 aliphatic heterocycles. The largest absolute Gasteiger partial charge is 0.431 e. The van der Waals surface area contributed by atoms with Gasteiger partial charge in [-0.1, -0.05) is 55.9 Å². The van der Waals surface area contributed by atoms with Crippen molar-refractivity contribution >= 4 is 21.6 Å². The van der Waals surface area contributed by atoms with E-state index in [9.17, 15) is 0 Å². The van der Waals surface area contributed by atoms with Crippen LogP contribution < -0.4 is 10.5 Å². The number of hydrogen-bond acceptors (Lipinski definition) is 5. The Morgan fingerprint density at radius 1 is 1.11 bits per heavy atom. The van der Waals surface area contributed by atoms with Gasteiger partial charge in [0.2, 0.25) is 0 Å². The monoisotopic (exact) mass is 397 g/mol. The van der Waals surface area contributed by atoms with Crippen LogP contribution in [0.4, 0.5) is 0 Å². The van der Waals surface area contributed by atoms with Crippen LogP contribution in [0.5, 0.6) is 10.9 Å². The lowest BCUT2D eigenvalue weighted by Crippen LogP contribution is -2.32. The lowest BCUT2D eigenvalue weighted by Gasteiger charge is -2.25. The summed E-state index contributed by atoms with van der Waals surface area (Å²) in [6.07, 6.45) is 3.32. The number of para-hydroxylation sites is 1. The molecule has 0 aliphatic carbocycles. The molecule has 1 heterocycles. The summed E-state index contributed by atoms with van der Waals surface area (Å²) in [5, 5.41) is 0.690. The predicted molar refractivity (Wildman–Crippen MR) is 119 cm³/mol. The van der Waals surface area contributed by atoms with Crippen molar-refractivity contribution in [3.63, 3.8) is 0 Å². The number of thiazole rings is 1. The van der Waals surface area contributed by atoms with Gasteiger partial charge in [0.1, 0.15) is 5.75 Å². The molecule has 0 amide bonds. The van der Waals surface area contributed by atoms with Gasteiger partial charge < -0.3 is 15.4 Å². The molecule has 0 bridgehead atoms. The maximum absolute atomic E-state index is 5.95. The molecular formula is C23H31N3OS. The molecular weight excluding hydrogens is 366 g/mol. The molecule has 3 aromatic rings. The third-order valence-corrected chi connectivity index (χ3v) is 5.98. The van der Waals surface area contributed by atoms with Crippen LogP contribution in [0, 0.1) is 5.92 Å². The maximum Gasteiger partial charge on any atom is 0.279 e. The Kier molecular flexibility index (Phi) is 7.83. The van der Waals surface area contributed by atoms with Gasteiger partial charge in [0, 0.05) is 13.1 Å². The van der Waals surface area contributed by atoms with Crippen LogP contribution in [-0.4, -0.2) is 36.1 Å². The number of benzene rings is 2. The van der Waals surface area contributed by atoms with Gasteiger partial charge >= 0.3 is 0 Å². The van der Waals surface area contributed by atoms with Crippen LogP contribution in [0.3, 0.4) is 0 Å². The number of rotatable bonds is 11. The minimum Gasteiger partial charge on any atom is -0.431 e. The summed E-state index contributed by atoms with van der Waals surface area (Å²) in [4.78, 5) is 7.08. The zero-order chi connectivity index (χ0) is 19.8. The standard InChI is InChI=1S/C23H31N3OS/c1-3-18(2)17-26(15-6-14-24)16-13-19-9-11-20(12-10-19)27-23-25-21-7-4-5-8-22(21)28-23/h4-5,7-12,18H,3,6,13-17,24H2,1-2H3. The summed E-state index contributed by atoms with van der Waals surface area (Å²) < 4.78 is 7.09. The fraction of sp³-hybridized carbons (Fsp3) is 0.435. The van der Waals surface area contributed by atoms with E-state index in [-0.39, 0.29) is 0 Å². The van der Waals surface area contributed by atoms with Gasteiger partial charge in [0.25, 0.3) is 5.19 Å². The van der Waals surface area contributed by atoms with Gasteiger partial charge in [-0.15, -0.1) is 0 Å². The average Bonchev–Trinajstić information content (AvgIpc) is 3.13. The van der Waals surface area contributed by atoms with Gasteiger partial charge in [0.15, 0.2) is 0 Å². The first-order valence-electron chi connectivity index (χ1n) is 10.2. The van der Waals surface area contributed by atoms with Gasteiger partial charge in [-0.3, -0.25) is 0 Å². The average molecular weight is 398 g/mol. The van der Waals surface area contributed by atoms with Crippen molar-refractivity contribution < 1.29 is 4.74 Å². The quantitative estimate of drug-likeness (QED) is 0.475. The number of hydrogen-bond donors (Lipinski definition) is 1. The van der Waals surface area contributed by atoms with Crippen molar-refractivity contribution in [1.29, 1.82) is 0 Å². The zero-order valence-electron chi connectivity index (χ0n) is 16.9. The Bertz CT molecular complexity index is 813. The summed E-state index contributed by atoms with van der Waals surface area (Å²) >= 11 is 1.58. The molecule has 0 fully saturated rings. The Morgan fingerprint density at radius 3 is 2.61 bits per heavy atom. The highest BCUT2D eigenvalue weighted by atomic mass is 32.1. The molecule has 0 saturated carbocycles. The Labute approximate surface area is 172 Å². The first kappa shape index (κ1) is 20.8. The fourth-order valence-corrected chi connectivity index (χ4v) is 4.02.